The number of benzene rings is 1. The normalized spacial score (nSPS) is 12.1. The van der Waals surface area contributed by atoms with Crippen LogP contribution in [0, 0.1) is 0 Å². The molecule has 0 aliphatic rings. The third-order valence-corrected chi connectivity index (χ3v) is 2.53. The fraction of sp³-hybridized carbons (Fsp3) is 0.333. The summed E-state index contributed by atoms with van der Waals surface area (Å²) in [6, 6.07) is 4.46. The molecule has 6 nitrogen and oxygen atoms in total. The molecule has 0 aromatic heterocycles. The van der Waals surface area contributed by atoms with Gasteiger partial charge in [0.15, 0.2) is 6.10 Å². The molecule has 1 unspecified atom stereocenters. The molecule has 0 aliphatic carbocycles. The van der Waals surface area contributed by atoms with Gasteiger partial charge in [0.05, 0.1) is 6.61 Å². The number of hydrogen-bond acceptors (Lipinski definition) is 4. The molecular formula is C12H14O6. The molecule has 0 aliphatic heterocycles. The van der Waals surface area contributed by atoms with Crippen molar-refractivity contribution in [1.82, 2.24) is 0 Å². The topological polar surface area (TPSA) is 115 Å². The van der Waals surface area contributed by atoms with Crippen LogP contribution in [0.2, 0.25) is 0 Å². The molecule has 0 fully saturated rings. The van der Waals surface area contributed by atoms with E-state index in [1.165, 1.54) is 12.1 Å². The number of hydrogen-bond donors (Lipinski definition) is 4. The van der Waals surface area contributed by atoms with E-state index in [1.54, 1.807) is 6.07 Å². The summed E-state index contributed by atoms with van der Waals surface area (Å²) >= 11 is 0. The lowest BCUT2D eigenvalue weighted by Crippen LogP contribution is -2.14. The first kappa shape index (κ1) is 14.1. The summed E-state index contributed by atoms with van der Waals surface area (Å²) in [5, 5.41) is 35.9. The Kier molecular flexibility index (Phi) is 4.82. The van der Waals surface area contributed by atoms with Crippen LogP contribution in [0.5, 0.6) is 0 Å². The summed E-state index contributed by atoms with van der Waals surface area (Å²) in [4.78, 5) is 21.3. The second-order valence-corrected chi connectivity index (χ2v) is 3.83. The Balaban J connectivity index is 3.07. The lowest BCUT2D eigenvalue weighted by Gasteiger charge is -2.13. The van der Waals surface area contributed by atoms with E-state index in [0.717, 1.165) is 0 Å². The molecule has 0 bridgehead atoms. The van der Waals surface area contributed by atoms with Crippen LogP contribution in [-0.4, -0.2) is 32.4 Å². The number of aliphatic hydroxyl groups excluding tert-OH is 2. The Morgan fingerprint density at radius 2 is 1.89 bits per heavy atom. The average molecular weight is 254 g/mol. The highest BCUT2D eigenvalue weighted by molar-refractivity contribution is 5.75. The number of aryl methyl sites for hydroxylation is 1. The molecule has 1 rings (SSSR count). The first-order valence-electron chi connectivity index (χ1n) is 5.31. The minimum Gasteiger partial charge on any atom is -0.481 e. The second kappa shape index (κ2) is 6.13. The Hall–Kier alpha value is -1.92. The lowest BCUT2D eigenvalue weighted by molar-refractivity contribution is -0.147. The van der Waals surface area contributed by atoms with Crippen molar-refractivity contribution in [3.63, 3.8) is 0 Å². The van der Waals surface area contributed by atoms with Crippen molar-refractivity contribution in [2.75, 3.05) is 0 Å². The highest BCUT2D eigenvalue weighted by Crippen LogP contribution is 2.22. The second-order valence-electron chi connectivity index (χ2n) is 3.83. The van der Waals surface area contributed by atoms with Crippen LogP contribution in [0.15, 0.2) is 18.2 Å². The fourth-order valence-electron chi connectivity index (χ4n) is 1.60. The molecule has 18 heavy (non-hydrogen) atoms. The Morgan fingerprint density at radius 3 is 2.39 bits per heavy atom. The summed E-state index contributed by atoms with van der Waals surface area (Å²) < 4.78 is 0. The highest BCUT2D eigenvalue weighted by Gasteiger charge is 2.20. The smallest absolute Gasteiger partial charge is 0.337 e. The Morgan fingerprint density at radius 1 is 1.22 bits per heavy atom. The lowest BCUT2D eigenvalue weighted by atomic mass is 9.96. The highest BCUT2D eigenvalue weighted by atomic mass is 16.4. The summed E-state index contributed by atoms with van der Waals surface area (Å²) in [7, 11) is 0. The number of aliphatic hydroxyl groups is 2. The van der Waals surface area contributed by atoms with Crippen molar-refractivity contribution >= 4 is 11.9 Å². The van der Waals surface area contributed by atoms with E-state index in [2.05, 4.69) is 0 Å². The quantitative estimate of drug-likeness (QED) is 0.581. The minimum atomic E-state index is -1.72. The van der Waals surface area contributed by atoms with E-state index in [1.807, 2.05) is 0 Å². The van der Waals surface area contributed by atoms with Gasteiger partial charge in [-0.25, -0.2) is 4.79 Å². The maximum absolute atomic E-state index is 10.8. The zero-order valence-corrected chi connectivity index (χ0v) is 9.54. The van der Waals surface area contributed by atoms with E-state index in [4.69, 9.17) is 15.3 Å². The van der Waals surface area contributed by atoms with Gasteiger partial charge >= 0.3 is 11.9 Å². The average Bonchev–Trinajstić information content (AvgIpc) is 2.35. The largest absolute Gasteiger partial charge is 0.481 e. The molecule has 6 heteroatoms. The number of carbonyl (C=O) groups is 2. The molecule has 4 N–H and O–H groups in total. The summed E-state index contributed by atoms with van der Waals surface area (Å²) in [5.41, 5.74) is 1.03. The van der Waals surface area contributed by atoms with E-state index >= 15 is 0 Å². The Labute approximate surface area is 103 Å². The van der Waals surface area contributed by atoms with Gasteiger partial charge in [-0.3, -0.25) is 4.79 Å². The molecule has 1 atom stereocenters. The molecule has 0 saturated heterocycles. The van der Waals surface area contributed by atoms with Crippen LogP contribution in [0.4, 0.5) is 0 Å². The summed E-state index contributed by atoms with van der Waals surface area (Å²) in [6.45, 7) is -0.279. The van der Waals surface area contributed by atoms with Gasteiger partial charge in [0.25, 0.3) is 0 Å². The van der Waals surface area contributed by atoms with Crippen LogP contribution in [-0.2, 0) is 22.6 Å². The van der Waals surface area contributed by atoms with Gasteiger partial charge in [0.1, 0.15) is 0 Å². The van der Waals surface area contributed by atoms with E-state index < -0.39 is 18.0 Å². The monoisotopic (exact) mass is 254 g/mol. The molecule has 0 heterocycles. The van der Waals surface area contributed by atoms with Crippen molar-refractivity contribution in [2.45, 2.75) is 25.6 Å². The van der Waals surface area contributed by atoms with Crippen LogP contribution in [0.1, 0.15) is 29.2 Å². The first-order valence-corrected chi connectivity index (χ1v) is 5.31. The summed E-state index contributed by atoms with van der Waals surface area (Å²) in [6.07, 6.45) is -1.75. The number of carboxylic acids is 2. The van der Waals surface area contributed by atoms with Crippen molar-refractivity contribution in [3.8, 4) is 0 Å². The van der Waals surface area contributed by atoms with Crippen LogP contribution in [0.3, 0.4) is 0 Å². The predicted molar refractivity (Wildman–Crippen MR) is 60.9 cm³/mol. The zero-order valence-electron chi connectivity index (χ0n) is 9.54. The van der Waals surface area contributed by atoms with Gasteiger partial charge < -0.3 is 20.4 Å². The SMILES string of the molecule is O=C(O)CCc1ccc(CO)cc1C(O)C(=O)O. The third kappa shape index (κ3) is 3.54. The molecule has 0 radical (unpaired) electrons. The minimum absolute atomic E-state index is 0.121. The molecule has 0 amide bonds. The molecule has 98 valence electrons. The van der Waals surface area contributed by atoms with Crippen molar-refractivity contribution in [3.05, 3.63) is 34.9 Å². The van der Waals surface area contributed by atoms with Gasteiger partial charge in [-0.05, 0) is 23.1 Å². The maximum atomic E-state index is 10.8. The molecule has 1 aromatic rings. The predicted octanol–water partition coefficient (Wildman–Crippen LogP) is 0.314. The van der Waals surface area contributed by atoms with Gasteiger partial charge in [-0.15, -0.1) is 0 Å². The van der Waals surface area contributed by atoms with E-state index in [0.29, 0.717) is 11.1 Å². The van der Waals surface area contributed by atoms with Gasteiger partial charge in [-0.1, -0.05) is 18.2 Å². The van der Waals surface area contributed by atoms with E-state index in [9.17, 15) is 14.7 Å². The summed E-state index contributed by atoms with van der Waals surface area (Å²) in [5.74, 6) is -2.42. The van der Waals surface area contributed by atoms with Crippen LogP contribution < -0.4 is 0 Å². The first-order chi connectivity index (χ1) is 8.45. The molecule has 0 saturated carbocycles. The van der Waals surface area contributed by atoms with Gasteiger partial charge in [0.2, 0.25) is 0 Å². The van der Waals surface area contributed by atoms with Gasteiger partial charge in [-0.2, -0.15) is 0 Å². The number of rotatable bonds is 6. The third-order valence-electron chi connectivity index (χ3n) is 2.53. The van der Waals surface area contributed by atoms with E-state index in [-0.39, 0.29) is 25.0 Å². The van der Waals surface area contributed by atoms with Crippen LogP contribution >= 0.6 is 0 Å². The Bertz CT molecular complexity index is 454. The fourth-order valence-corrected chi connectivity index (χ4v) is 1.60. The molecule has 0 spiro atoms. The van der Waals surface area contributed by atoms with Crippen molar-refractivity contribution < 1.29 is 30.0 Å². The molecular weight excluding hydrogens is 240 g/mol. The van der Waals surface area contributed by atoms with Crippen LogP contribution in [0.25, 0.3) is 0 Å². The number of aliphatic carboxylic acids is 2. The standard InChI is InChI=1S/C12H14O6/c13-6-7-1-2-8(3-4-10(14)15)9(5-7)11(16)12(17)18/h1-2,5,11,13,16H,3-4,6H2,(H,14,15)(H,17,18). The molecule has 1 aromatic carbocycles. The van der Waals surface area contributed by atoms with Crippen molar-refractivity contribution in [1.29, 1.82) is 0 Å². The number of carboxylic acid groups (broad SMARTS) is 2. The van der Waals surface area contributed by atoms with Crippen molar-refractivity contribution in [2.24, 2.45) is 0 Å². The van der Waals surface area contributed by atoms with Gasteiger partial charge in [0, 0.05) is 6.42 Å². The maximum Gasteiger partial charge on any atom is 0.337 e. The zero-order chi connectivity index (χ0) is 13.7.